The molecule has 2 aliphatic heterocycles. The SMILES string of the molecule is CCOCCCN1CC=C2NN(c3ccccc3OCc3ccccc3)CC2=C1C. The van der Waals surface area contributed by atoms with Crippen LogP contribution in [0.3, 0.4) is 0 Å². The summed E-state index contributed by atoms with van der Waals surface area (Å²) in [6.45, 7) is 9.22. The van der Waals surface area contributed by atoms with Gasteiger partial charge in [0, 0.05) is 37.6 Å². The maximum Gasteiger partial charge on any atom is 0.144 e. The zero-order valence-electron chi connectivity index (χ0n) is 17.9. The van der Waals surface area contributed by atoms with E-state index in [1.54, 1.807) is 0 Å². The summed E-state index contributed by atoms with van der Waals surface area (Å²) in [6, 6.07) is 18.5. The first-order chi connectivity index (χ1) is 14.8. The highest BCUT2D eigenvalue weighted by Gasteiger charge is 2.29. The molecule has 2 aliphatic rings. The van der Waals surface area contributed by atoms with Gasteiger partial charge in [0.15, 0.2) is 0 Å². The predicted molar refractivity (Wildman–Crippen MR) is 121 cm³/mol. The molecule has 2 aromatic rings. The fourth-order valence-corrected chi connectivity index (χ4v) is 3.95. The van der Waals surface area contributed by atoms with Gasteiger partial charge in [-0.05, 0) is 44.0 Å². The first kappa shape index (κ1) is 20.4. The minimum atomic E-state index is 0.559. The quantitative estimate of drug-likeness (QED) is 0.622. The Bertz CT molecular complexity index is 908. The maximum atomic E-state index is 6.17. The number of nitrogens with zero attached hydrogens (tertiary/aromatic N) is 2. The number of hydrogen-bond acceptors (Lipinski definition) is 5. The van der Waals surface area contributed by atoms with Gasteiger partial charge in [-0.2, -0.15) is 0 Å². The van der Waals surface area contributed by atoms with E-state index in [2.05, 4.69) is 52.6 Å². The van der Waals surface area contributed by atoms with Crippen molar-refractivity contribution in [3.05, 3.63) is 83.2 Å². The van der Waals surface area contributed by atoms with E-state index in [0.717, 1.165) is 50.7 Å². The molecule has 1 fully saturated rings. The van der Waals surface area contributed by atoms with Gasteiger partial charge in [0.1, 0.15) is 12.4 Å². The van der Waals surface area contributed by atoms with Crippen molar-refractivity contribution in [2.45, 2.75) is 26.9 Å². The van der Waals surface area contributed by atoms with Gasteiger partial charge in [-0.25, -0.2) is 0 Å². The lowest BCUT2D eigenvalue weighted by Crippen LogP contribution is -2.30. The molecular formula is C25H31N3O2. The smallest absolute Gasteiger partial charge is 0.144 e. The Morgan fingerprint density at radius 2 is 1.83 bits per heavy atom. The second-order valence-electron chi connectivity index (χ2n) is 7.62. The number of rotatable bonds is 9. The molecule has 0 aromatic heterocycles. The molecule has 2 heterocycles. The molecule has 5 nitrogen and oxygen atoms in total. The summed E-state index contributed by atoms with van der Waals surface area (Å²) in [5, 5.41) is 2.19. The molecule has 5 heteroatoms. The second-order valence-corrected chi connectivity index (χ2v) is 7.62. The van der Waals surface area contributed by atoms with Gasteiger partial charge in [0.05, 0.1) is 17.9 Å². The molecule has 0 aliphatic carbocycles. The molecule has 0 bridgehead atoms. The van der Waals surface area contributed by atoms with Crippen molar-refractivity contribution in [1.82, 2.24) is 10.3 Å². The highest BCUT2D eigenvalue weighted by molar-refractivity contribution is 5.62. The van der Waals surface area contributed by atoms with Crippen LogP contribution in [0.25, 0.3) is 0 Å². The molecule has 0 spiro atoms. The molecule has 1 saturated heterocycles. The Balaban J connectivity index is 1.45. The van der Waals surface area contributed by atoms with Gasteiger partial charge < -0.3 is 14.4 Å². The van der Waals surface area contributed by atoms with Gasteiger partial charge in [-0.15, -0.1) is 0 Å². The van der Waals surface area contributed by atoms with Gasteiger partial charge in [-0.3, -0.25) is 10.4 Å². The largest absolute Gasteiger partial charge is 0.487 e. The van der Waals surface area contributed by atoms with Crippen LogP contribution < -0.4 is 15.2 Å². The van der Waals surface area contributed by atoms with E-state index >= 15 is 0 Å². The third-order valence-electron chi connectivity index (χ3n) is 5.64. The van der Waals surface area contributed by atoms with E-state index in [9.17, 15) is 0 Å². The van der Waals surface area contributed by atoms with Crippen molar-refractivity contribution in [3.8, 4) is 5.75 Å². The first-order valence-electron chi connectivity index (χ1n) is 10.8. The summed E-state index contributed by atoms with van der Waals surface area (Å²) in [6.07, 6.45) is 3.34. The van der Waals surface area contributed by atoms with Crippen LogP contribution in [0, 0.1) is 0 Å². The molecular weight excluding hydrogens is 374 g/mol. The Morgan fingerprint density at radius 1 is 1.03 bits per heavy atom. The molecule has 30 heavy (non-hydrogen) atoms. The minimum absolute atomic E-state index is 0.559. The van der Waals surface area contributed by atoms with Gasteiger partial charge in [0.2, 0.25) is 0 Å². The number of nitrogens with one attached hydrogen (secondary N) is 1. The molecule has 0 unspecified atom stereocenters. The van der Waals surface area contributed by atoms with E-state index in [4.69, 9.17) is 9.47 Å². The Morgan fingerprint density at radius 3 is 2.67 bits per heavy atom. The summed E-state index contributed by atoms with van der Waals surface area (Å²) >= 11 is 0. The lowest BCUT2D eigenvalue weighted by molar-refractivity contribution is 0.137. The molecule has 4 rings (SSSR count). The van der Waals surface area contributed by atoms with Crippen molar-refractivity contribution in [2.75, 3.05) is 37.9 Å². The maximum absolute atomic E-state index is 6.17. The summed E-state index contributed by atoms with van der Waals surface area (Å²) < 4.78 is 11.7. The summed E-state index contributed by atoms with van der Waals surface area (Å²) in [5.74, 6) is 0.889. The zero-order chi connectivity index (χ0) is 20.8. The summed E-state index contributed by atoms with van der Waals surface area (Å²) in [4.78, 5) is 2.45. The third-order valence-corrected chi connectivity index (χ3v) is 5.64. The van der Waals surface area contributed by atoms with Crippen molar-refractivity contribution in [3.63, 3.8) is 0 Å². The number of anilines is 1. The molecule has 0 atom stereocenters. The number of allylic oxidation sites excluding steroid dienone is 1. The summed E-state index contributed by atoms with van der Waals surface area (Å²) in [7, 11) is 0. The minimum Gasteiger partial charge on any atom is -0.487 e. The van der Waals surface area contributed by atoms with Crippen LogP contribution in [-0.2, 0) is 11.3 Å². The van der Waals surface area contributed by atoms with Gasteiger partial charge in [0.25, 0.3) is 0 Å². The second kappa shape index (κ2) is 9.72. The standard InChI is InChI=1S/C25H31N3O2/c1-3-29-17-9-15-27-16-14-23-22(20(27)2)18-28(26-23)24-12-7-8-13-25(24)30-19-21-10-5-4-6-11-21/h4-8,10-14,26H,3,9,15-19H2,1-2H3. The zero-order valence-corrected chi connectivity index (χ0v) is 17.9. The van der Waals surface area contributed by atoms with Crippen LogP contribution in [0.1, 0.15) is 25.8 Å². The van der Waals surface area contributed by atoms with Crippen LogP contribution in [0.2, 0.25) is 0 Å². The average molecular weight is 406 g/mol. The van der Waals surface area contributed by atoms with Crippen LogP contribution in [0.4, 0.5) is 5.69 Å². The van der Waals surface area contributed by atoms with Gasteiger partial charge in [-0.1, -0.05) is 42.5 Å². The van der Waals surface area contributed by atoms with E-state index in [1.807, 2.05) is 37.3 Å². The lowest BCUT2D eigenvalue weighted by Gasteiger charge is -2.29. The lowest BCUT2D eigenvalue weighted by atomic mass is 10.1. The molecule has 0 amide bonds. The van der Waals surface area contributed by atoms with Gasteiger partial charge >= 0.3 is 0 Å². The van der Waals surface area contributed by atoms with E-state index in [-0.39, 0.29) is 0 Å². The Hall–Kier alpha value is -2.92. The normalized spacial score (nSPS) is 15.7. The fourth-order valence-electron chi connectivity index (χ4n) is 3.95. The van der Waals surface area contributed by atoms with Crippen LogP contribution in [0.15, 0.2) is 77.6 Å². The number of fused-ring (bicyclic) bond motifs is 1. The predicted octanol–water partition coefficient (Wildman–Crippen LogP) is 4.49. The molecule has 1 N–H and O–H groups in total. The highest BCUT2D eigenvalue weighted by atomic mass is 16.5. The van der Waals surface area contributed by atoms with E-state index in [1.165, 1.54) is 22.5 Å². The van der Waals surface area contributed by atoms with E-state index < -0.39 is 0 Å². The number of para-hydroxylation sites is 2. The number of benzene rings is 2. The average Bonchev–Trinajstić information content (AvgIpc) is 3.23. The van der Waals surface area contributed by atoms with Crippen molar-refractivity contribution < 1.29 is 9.47 Å². The number of hydrazine groups is 1. The number of hydrogen-bond donors (Lipinski definition) is 1. The molecule has 0 radical (unpaired) electrons. The van der Waals surface area contributed by atoms with Crippen molar-refractivity contribution in [2.24, 2.45) is 0 Å². The third kappa shape index (κ3) is 4.62. The van der Waals surface area contributed by atoms with Crippen LogP contribution >= 0.6 is 0 Å². The first-order valence-corrected chi connectivity index (χ1v) is 10.8. The van der Waals surface area contributed by atoms with Crippen LogP contribution in [0.5, 0.6) is 5.75 Å². The Kier molecular flexibility index (Phi) is 6.60. The monoisotopic (exact) mass is 405 g/mol. The fraction of sp³-hybridized carbons (Fsp3) is 0.360. The molecule has 2 aromatic carbocycles. The topological polar surface area (TPSA) is 37.0 Å². The molecule has 0 saturated carbocycles. The van der Waals surface area contributed by atoms with E-state index in [0.29, 0.717) is 6.61 Å². The van der Waals surface area contributed by atoms with Crippen molar-refractivity contribution in [1.29, 1.82) is 0 Å². The number of ether oxygens (including phenoxy) is 2. The molecule has 158 valence electrons. The summed E-state index contributed by atoms with van der Waals surface area (Å²) in [5.41, 5.74) is 9.73. The Labute approximate surface area is 179 Å². The highest BCUT2D eigenvalue weighted by Crippen LogP contribution is 2.34. The van der Waals surface area contributed by atoms with Crippen LogP contribution in [-0.4, -0.2) is 37.7 Å². The van der Waals surface area contributed by atoms with Crippen molar-refractivity contribution >= 4 is 5.69 Å².